The first kappa shape index (κ1) is 12.6. The zero-order valence-electron chi connectivity index (χ0n) is 10.8. The first-order chi connectivity index (χ1) is 8.73. The molecule has 94 valence electrons. The summed E-state index contributed by atoms with van der Waals surface area (Å²) >= 11 is 0. The van der Waals surface area contributed by atoms with Crippen molar-refractivity contribution in [3.8, 4) is 6.07 Å². The van der Waals surface area contributed by atoms with Crippen LogP contribution in [0.3, 0.4) is 0 Å². The van der Waals surface area contributed by atoms with Gasteiger partial charge in [0.15, 0.2) is 0 Å². The highest BCUT2D eigenvalue weighted by Gasteiger charge is 2.36. The lowest BCUT2D eigenvalue weighted by atomic mass is 9.78. The highest BCUT2D eigenvalue weighted by atomic mass is 14.7. The third-order valence-electron chi connectivity index (χ3n) is 4.14. The molecular formula is C15H19N3. The standard InChI is InChI=1S/C15H19N3/c1-2-15(7-3-4-8-15)14(17)13(10-16)12-6-5-9-18-11-12/h5-6,9,11H,2-4,7-8,17H2,1H3/b14-13+. The van der Waals surface area contributed by atoms with Gasteiger partial charge in [-0.3, -0.25) is 4.98 Å². The topological polar surface area (TPSA) is 62.7 Å². The van der Waals surface area contributed by atoms with Crippen molar-refractivity contribution in [2.45, 2.75) is 39.0 Å². The van der Waals surface area contributed by atoms with Gasteiger partial charge < -0.3 is 5.73 Å². The van der Waals surface area contributed by atoms with Crippen molar-refractivity contribution in [3.63, 3.8) is 0 Å². The van der Waals surface area contributed by atoms with Crippen molar-refractivity contribution in [1.29, 1.82) is 5.26 Å². The molecule has 1 fully saturated rings. The maximum Gasteiger partial charge on any atom is 0.102 e. The van der Waals surface area contributed by atoms with Gasteiger partial charge >= 0.3 is 0 Å². The summed E-state index contributed by atoms with van der Waals surface area (Å²) in [5, 5.41) is 9.40. The molecule has 1 aliphatic rings. The Balaban J connectivity index is 2.47. The zero-order valence-corrected chi connectivity index (χ0v) is 10.8. The van der Waals surface area contributed by atoms with Gasteiger partial charge in [-0.25, -0.2) is 0 Å². The molecule has 2 rings (SSSR count). The number of nitrogens with zero attached hydrogens (tertiary/aromatic N) is 2. The Morgan fingerprint density at radius 1 is 1.50 bits per heavy atom. The van der Waals surface area contributed by atoms with E-state index in [1.807, 2.05) is 12.1 Å². The lowest BCUT2D eigenvalue weighted by Gasteiger charge is -2.29. The summed E-state index contributed by atoms with van der Waals surface area (Å²) in [6.45, 7) is 2.16. The van der Waals surface area contributed by atoms with Gasteiger partial charge in [0.05, 0.1) is 5.57 Å². The fourth-order valence-electron chi connectivity index (χ4n) is 2.92. The van der Waals surface area contributed by atoms with Crippen LogP contribution in [0.5, 0.6) is 0 Å². The van der Waals surface area contributed by atoms with Gasteiger partial charge in [-0.2, -0.15) is 5.26 Å². The third kappa shape index (κ3) is 2.11. The van der Waals surface area contributed by atoms with Crippen molar-refractivity contribution in [2.24, 2.45) is 11.1 Å². The molecule has 0 spiro atoms. The van der Waals surface area contributed by atoms with Gasteiger partial charge in [0, 0.05) is 29.1 Å². The molecule has 0 amide bonds. The minimum absolute atomic E-state index is 0.0287. The number of aromatic nitrogens is 1. The second-order valence-electron chi connectivity index (χ2n) is 4.98. The Morgan fingerprint density at radius 2 is 2.22 bits per heavy atom. The number of nitrogens with two attached hydrogens (primary N) is 1. The second-order valence-corrected chi connectivity index (χ2v) is 4.98. The van der Waals surface area contributed by atoms with Crippen LogP contribution in [0.25, 0.3) is 5.57 Å². The van der Waals surface area contributed by atoms with Gasteiger partial charge in [0.25, 0.3) is 0 Å². The van der Waals surface area contributed by atoms with Crippen LogP contribution in [0.15, 0.2) is 30.2 Å². The molecule has 0 aromatic carbocycles. The van der Waals surface area contributed by atoms with Crippen LogP contribution in [0.1, 0.15) is 44.6 Å². The van der Waals surface area contributed by atoms with Gasteiger partial charge in [-0.05, 0) is 25.3 Å². The molecule has 0 saturated heterocycles. The van der Waals surface area contributed by atoms with Crippen LogP contribution in [-0.2, 0) is 0 Å². The van der Waals surface area contributed by atoms with E-state index in [1.165, 1.54) is 12.8 Å². The summed E-state index contributed by atoms with van der Waals surface area (Å²) in [5.41, 5.74) is 8.57. The van der Waals surface area contributed by atoms with E-state index in [1.54, 1.807) is 12.4 Å². The molecule has 1 heterocycles. The van der Waals surface area contributed by atoms with E-state index in [4.69, 9.17) is 5.73 Å². The molecule has 1 aromatic heterocycles. The van der Waals surface area contributed by atoms with Crippen LogP contribution in [0, 0.1) is 16.7 Å². The van der Waals surface area contributed by atoms with Crippen LogP contribution in [0.4, 0.5) is 0 Å². The molecule has 18 heavy (non-hydrogen) atoms. The monoisotopic (exact) mass is 241 g/mol. The Bertz CT molecular complexity index is 476. The molecular weight excluding hydrogens is 222 g/mol. The first-order valence-corrected chi connectivity index (χ1v) is 6.54. The molecule has 1 saturated carbocycles. The van der Waals surface area contributed by atoms with E-state index in [9.17, 15) is 5.26 Å². The minimum Gasteiger partial charge on any atom is -0.400 e. The molecule has 3 nitrogen and oxygen atoms in total. The normalized spacial score (nSPS) is 19.1. The van der Waals surface area contributed by atoms with E-state index in [-0.39, 0.29) is 5.41 Å². The van der Waals surface area contributed by atoms with Crippen LogP contribution >= 0.6 is 0 Å². The maximum absolute atomic E-state index is 9.40. The summed E-state index contributed by atoms with van der Waals surface area (Å²) in [6, 6.07) is 6.01. The Kier molecular flexibility index (Phi) is 3.66. The highest BCUT2D eigenvalue weighted by molar-refractivity contribution is 5.79. The van der Waals surface area contributed by atoms with Crippen molar-refractivity contribution < 1.29 is 0 Å². The van der Waals surface area contributed by atoms with Crippen LogP contribution in [-0.4, -0.2) is 4.98 Å². The van der Waals surface area contributed by atoms with Crippen LogP contribution < -0.4 is 5.73 Å². The summed E-state index contributed by atoms with van der Waals surface area (Å²) in [7, 11) is 0. The maximum atomic E-state index is 9.40. The van der Waals surface area contributed by atoms with E-state index in [2.05, 4.69) is 18.0 Å². The average molecular weight is 241 g/mol. The first-order valence-electron chi connectivity index (χ1n) is 6.54. The minimum atomic E-state index is 0.0287. The van der Waals surface area contributed by atoms with Crippen molar-refractivity contribution in [1.82, 2.24) is 4.98 Å². The fourth-order valence-corrected chi connectivity index (χ4v) is 2.92. The SMILES string of the molecule is CCC1(/C(N)=C(/C#N)c2cccnc2)CCCC1. The predicted octanol–water partition coefficient (Wildman–Crippen LogP) is 3.25. The van der Waals surface area contributed by atoms with E-state index < -0.39 is 0 Å². The van der Waals surface area contributed by atoms with Crippen molar-refractivity contribution in [2.75, 3.05) is 0 Å². The highest BCUT2D eigenvalue weighted by Crippen LogP contribution is 2.46. The lowest BCUT2D eigenvalue weighted by Crippen LogP contribution is -2.25. The quantitative estimate of drug-likeness (QED) is 0.826. The summed E-state index contributed by atoms with van der Waals surface area (Å²) in [5.74, 6) is 0. The Labute approximate surface area is 108 Å². The summed E-state index contributed by atoms with van der Waals surface area (Å²) < 4.78 is 0. The number of allylic oxidation sites excluding steroid dienone is 2. The largest absolute Gasteiger partial charge is 0.400 e. The Hall–Kier alpha value is -1.82. The molecule has 3 heteroatoms. The Morgan fingerprint density at radius 3 is 2.72 bits per heavy atom. The van der Waals surface area contributed by atoms with Crippen molar-refractivity contribution in [3.05, 3.63) is 35.8 Å². The second kappa shape index (κ2) is 5.22. The molecule has 1 aromatic rings. The predicted molar refractivity (Wildman–Crippen MR) is 72.1 cm³/mol. The van der Waals surface area contributed by atoms with Gasteiger partial charge in [0.1, 0.15) is 6.07 Å². The van der Waals surface area contributed by atoms with Gasteiger partial charge in [0.2, 0.25) is 0 Å². The number of hydrogen-bond acceptors (Lipinski definition) is 3. The van der Waals surface area contributed by atoms with Crippen LogP contribution in [0.2, 0.25) is 0 Å². The van der Waals surface area contributed by atoms with E-state index in [0.29, 0.717) is 5.57 Å². The molecule has 0 radical (unpaired) electrons. The molecule has 0 atom stereocenters. The van der Waals surface area contributed by atoms with Gasteiger partial charge in [-0.15, -0.1) is 0 Å². The molecule has 1 aliphatic carbocycles. The summed E-state index contributed by atoms with van der Waals surface area (Å²) in [4.78, 5) is 4.07. The zero-order chi connectivity index (χ0) is 13.0. The van der Waals surface area contributed by atoms with Crippen molar-refractivity contribution >= 4 is 5.57 Å². The smallest absolute Gasteiger partial charge is 0.102 e. The fraction of sp³-hybridized carbons (Fsp3) is 0.467. The number of pyridine rings is 1. The third-order valence-corrected chi connectivity index (χ3v) is 4.14. The summed E-state index contributed by atoms with van der Waals surface area (Å²) in [6.07, 6.45) is 9.04. The number of rotatable bonds is 3. The molecule has 0 unspecified atom stereocenters. The molecule has 0 bridgehead atoms. The van der Waals surface area contributed by atoms with Gasteiger partial charge in [-0.1, -0.05) is 25.8 Å². The molecule has 2 N–H and O–H groups in total. The number of hydrogen-bond donors (Lipinski definition) is 1. The lowest BCUT2D eigenvalue weighted by molar-refractivity contribution is 0.351. The molecule has 0 aliphatic heterocycles. The average Bonchev–Trinajstić information content (AvgIpc) is 2.91. The van der Waals surface area contributed by atoms with E-state index >= 15 is 0 Å². The number of nitriles is 1. The van der Waals surface area contributed by atoms with E-state index in [0.717, 1.165) is 30.5 Å².